The Kier molecular flexibility index (Phi) is 21.3. The van der Waals surface area contributed by atoms with Gasteiger partial charge in [-0.3, -0.25) is 0 Å². The zero-order valence-corrected chi connectivity index (χ0v) is 7.97. The Bertz CT molecular complexity index is 46.8. The van der Waals surface area contributed by atoms with Gasteiger partial charge in [0.2, 0.25) is 0 Å². The fourth-order valence-electron chi connectivity index (χ4n) is 0.189. The predicted molar refractivity (Wildman–Crippen MR) is 35.5 cm³/mol. The number of rotatable bonds is 3. The third-order valence-corrected chi connectivity index (χ3v) is 0.521. The number of aliphatic hydroxyl groups excluding tert-OH is 2. The van der Waals surface area contributed by atoms with E-state index in [1.165, 1.54) is 0 Å². The molecule has 5 heteroatoms. The molecule has 0 aromatic rings. The van der Waals surface area contributed by atoms with Crippen LogP contribution in [0.4, 0.5) is 0 Å². The second kappa shape index (κ2) is 11.7. The van der Waals surface area contributed by atoms with Crippen molar-refractivity contribution in [2.24, 2.45) is 0 Å². The zero-order chi connectivity index (χ0) is 5.70. The van der Waals surface area contributed by atoms with E-state index in [0.29, 0.717) is 0 Å². The fraction of sp³-hybridized carbons (Fsp3) is 0.750. The Balaban J connectivity index is -0.000000180. The SMILES string of the molecule is P.[CH2-]OCC(O)CO.[V]. The quantitative estimate of drug-likeness (QED) is 0.452. The van der Waals surface area contributed by atoms with Crippen LogP contribution in [0.3, 0.4) is 0 Å². The van der Waals surface area contributed by atoms with Crippen LogP contribution in [0.1, 0.15) is 0 Å². The molecular formula is C4H12O3PV-. The summed E-state index contributed by atoms with van der Waals surface area (Å²) in [6, 6.07) is 0. The van der Waals surface area contributed by atoms with Crippen molar-refractivity contribution in [3.8, 4) is 0 Å². The van der Waals surface area contributed by atoms with Gasteiger partial charge in [-0.1, -0.05) is 0 Å². The maximum absolute atomic E-state index is 8.44. The molecule has 0 saturated carbocycles. The molecule has 0 aliphatic rings. The molecule has 2 N–H and O–H groups in total. The molecule has 1 radical (unpaired) electrons. The standard InChI is InChI=1S/C4H9O3.H3P.V/c1-7-3-4(6)2-5;;/h4-6H,1-3H2;1H3;/q-1;;. The first-order valence-corrected chi connectivity index (χ1v) is 1.97. The molecule has 0 bridgehead atoms. The van der Waals surface area contributed by atoms with Gasteiger partial charge in [0, 0.05) is 25.2 Å². The number of hydrogen-bond acceptors (Lipinski definition) is 3. The summed E-state index contributed by atoms with van der Waals surface area (Å²) in [7, 11) is 3.00. The first-order valence-electron chi connectivity index (χ1n) is 1.97. The maximum atomic E-state index is 8.44. The van der Waals surface area contributed by atoms with E-state index in [2.05, 4.69) is 11.8 Å². The molecule has 0 heterocycles. The van der Waals surface area contributed by atoms with Crippen molar-refractivity contribution in [3.05, 3.63) is 7.11 Å². The van der Waals surface area contributed by atoms with E-state index in [0.717, 1.165) is 0 Å². The average molecular weight is 190 g/mol. The van der Waals surface area contributed by atoms with Crippen molar-refractivity contribution >= 4 is 9.90 Å². The summed E-state index contributed by atoms with van der Waals surface area (Å²) in [4.78, 5) is 0. The topological polar surface area (TPSA) is 49.7 Å². The summed E-state index contributed by atoms with van der Waals surface area (Å²) >= 11 is 0. The number of hydrogen-bond donors (Lipinski definition) is 2. The predicted octanol–water partition coefficient (Wildman–Crippen LogP) is -0.797. The Morgan fingerprint density at radius 1 is 1.56 bits per heavy atom. The summed E-state index contributed by atoms with van der Waals surface area (Å²) in [5.74, 6) is 0. The molecule has 0 aliphatic carbocycles. The molecule has 9 heavy (non-hydrogen) atoms. The molecular weight excluding hydrogens is 178 g/mol. The van der Waals surface area contributed by atoms with Gasteiger partial charge in [0.05, 0.1) is 12.7 Å². The van der Waals surface area contributed by atoms with Crippen molar-refractivity contribution in [1.82, 2.24) is 0 Å². The molecule has 2 atom stereocenters. The van der Waals surface area contributed by atoms with E-state index in [4.69, 9.17) is 10.2 Å². The smallest absolute Gasteiger partial charge is 0.0973 e. The zero-order valence-electron chi connectivity index (χ0n) is 5.16. The fourth-order valence-corrected chi connectivity index (χ4v) is 0.189. The van der Waals surface area contributed by atoms with Crippen LogP contribution in [0.25, 0.3) is 0 Å². The molecule has 0 amide bonds. The largest absolute Gasteiger partial charge is 0.553 e. The van der Waals surface area contributed by atoms with Gasteiger partial charge in [-0.2, -0.15) is 9.90 Å². The normalized spacial score (nSPS) is 11.0. The van der Waals surface area contributed by atoms with Gasteiger partial charge in [0.25, 0.3) is 0 Å². The molecule has 2 unspecified atom stereocenters. The van der Waals surface area contributed by atoms with Crippen LogP contribution in [-0.4, -0.2) is 29.5 Å². The van der Waals surface area contributed by atoms with E-state index in [-0.39, 0.29) is 41.7 Å². The molecule has 0 saturated heterocycles. The molecule has 0 spiro atoms. The minimum atomic E-state index is -0.780. The van der Waals surface area contributed by atoms with Crippen molar-refractivity contribution in [1.29, 1.82) is 0 Å². The van der Waals surface area contributed by atoms with Crippen LogP contribution >= 0.6 is 9.90 Å². The first kappa shape index (κ1) is 16.5. The van der Waals surface area contributed by atoms with Gasteiger partial charge < -0.3 is 14.9 Å². The van der Waals surface area contributed by atoms with Gasteiger partial charge in [0.15, 0.2) is 0 Å². The van der Waals surface area contributed by atoms with Gasteiger partial charge >= 0.3 is 0 Å². The van der Waals surface area contributed by atoms with Crippen LogP contribution in [0.15, 0.2) is 0 Å². The van der Waals surface area contributed by atoms with E-state index < -0.39 is 6.10 Å². The Morgan fingerprint density at radius 2 is 2.00 bits per heavy atom. The van der Waals surface area contributed by atoms with E-state index >= 15 is 0 Å². The monoisotopic (exact) mass is 190 g/mol. The van der Waals surface area contributed by atoms with E-state index in [1.54, 1.807) is 0 Å². The summed E-state index contributed by atoms with van der Waals surface area (Å²) in [5, 5.41) is 16.6. The molecule has 0 aromatic carbocycles. The van der Waals surface area contributed by atoms with Crippen molar-refractivity contribution < 1.29 is 33.5 Å². The summed E-state index contributed by atoms with van der Waals surface area (Å²) in [6.07, 6.45) is -0.780. The molecule has 57 valence electrons. The van der Waals surface area contributed by atoms with Gasteiger partial charge in [-0.05, 0) is 0 Å². The van der Waals surface area contributed by atoms with Crippen LogP contribution in [0, 0.1) is 7.11 Å². The summed E-state index contributed by atoms with van der Waals surface area (Å²) < 4.78 is 4.23. The molecule has 0 rings (SSSR count). The molecule has 0 fully saturated rings. The van der Waals surface area contributed by atoms with Gasteiger partial charge in [-0.15, -0.1) is 0 Å². The second-order valence-corrected chi connectivity index (χ2v) is 1.21. The maximum Gasteiger partial charge on any atom is 0.0973 e. The number of aliphatic hydroxyl groups is 2. The van der Waals surface area contributed by atoms with E-state index in [9.17, 15) is 0 Å². The van der Waals surface area contributed by atoms with Crippen LogP contribution in [0.5, 0.6) is 0 Å². The number of ether oxygens (including phenoxy) is 1. The van der Waals surface area contributed by atoms with Crippen molar-refractivity contribution in [2.45, 2.75) is 6.10 Å². The van der Waals surface area contributed by atoms with Gasteiger partial charge in [-0.25, -0.2) is 7.11 Å². The summed E-state index contributed by atoms with van der Waals surface area (Å²) in [6.45, 7) is -0.175. The van der Waals surface area contributed by atoms with Crippen molar-refractivity contribution in [3.63, 3.8) is 0 Å². The van der Waals surface area contributed by atoms with Crippen LogP contribution in [0.2, 0.25) is 0 Å². The molecule has 0 aliphatic heterocycles. The van der Waals surface area contributed by atoms with Crippen molar-refractivity contribution in [2.75, 3.05) is 13.2 Å². The first-order chi connectivity index (χ1) is 3.31. The Hall–Kier alpha value is 0.894. The molecule has 0 aromatic heterocycles. The minimum Gasteiger partial charge on any atom is -0.553 e. The second-order valence-electron chi connectivity index (χ2n) is 1.21. The Labute approximate surface area is 70.3 Å². The molecule has 3 nitrogen and oxygen atoms in total. The van der Waals surface area contributed by atoms with E-state index in [1.807, 2.05) is 0 Å². The third kappa shape index (κ3) is 12.2. The average Bonchev–Trinajstić information content (AvgIpc) is 1.68. The third-order valence-electron chi connectivity index (χ3n) is 0.521. The van der Waals surface area contributed by atoms with Crippen LogP contribution in [-0.2, 0) is 23.3 Å². The summed E-state index contributed by atoms with van der Waals surface area (Å²) in [5.41, 5.74) is 0. The van der Waals surface area contributed by atoms with Gasteiger partial charge in [0.1, 0.15) is 0 Å². The van der Waals surface area contributed by atoms with Crippen LogP contribution < -0.4 is 0 Å². The Morgan fingerprint density at radius 3 is 2.11 bits per heavy atom. The minimum absolute atomic E-state index is 0.